The number of carboxylic acids is 1. The highest BCUT2D eigenvalue weighted by atomic mass is 16.5. The minimum absolute atomic E-state index is 0.117. The summed E-state index contributed by atoms with van der Waals surface area (Å²) in [6.07, 6.45) is 1.69. The van der Waals surface area contributed by atoms with Gasteiger partial charge in [0.1, 0.15) is 11.5 Å². The van der Waals surface area contributed by atoms with Gasteiger partial charge in [0.05, 0.1) is 17.5 Å². The zero-order chi connectivity index (χ0) is 20.9. The molecule has 0 radical (unpaired) electrons. The summed E-state index contributed by atoms with van der Waals surface area (Å²) in [5.41, 5.74) is 6.12. The van der Waals surface area contributed by atoms with E-state index in [0.717, 1.165) is 17.1 Å². The second-order valence-corrected chi connectivity index (χ2v) is 7.70. The van der Waals surface area contributed by atoms with E-state index in [1.54, 1.807) is 18.3 Å². The maximum absolute atomic E-state index is 10.8. The molecule has 0 aliphatic carbocycles. The molecule has 3 rings (SSSR count). The van der Waals surface area contributed by atoms with Crippen LogP contribution in [0, 0.1) is 0 Å². The molecule has 0 fully saturated rings. The van der Waals surface area contributed by atoms with Crippen LogP contribution in [-0.4, -0.2) is 17.3 Å². The molecule has 2 N–H and O–H groups in total. The summed E-state index contributed by atoms with van der Waals surface area (Å²) in [5, 5.41) is 13.1. The number of hydrogen-bond donors (Lipinski definition) is 2. The third-order valence-corrected chi connectivity index (χ3v) is 4.38. The number of rotatable bonds is 6. The molecule has 0 atom stereocenters. The van der Waals surface area contributed by atoms with Gasteiger partial charge in [-0.1, -0.05) is 32.9 Å². The van der Waals surface area contributed by atoms with Gasteiger partial charge in [-0.25, -0.2) is 4.79 Å². The predicted molar refractivity (Wildman–Crippen MR) is 116 cm³/mol. The molecule has 0 heterocycles. The second kappa shape index (κ2) is 8.61. The topological polar surface area (TPSA) is 70.9 Å². The lowest BCUT2D eigenvalue weighted by Gasteiger charge is -2.19. The van der Waals surface area contributed by atoms with Gasteiger partial charge in [0.15, 0.2) is 0 Å². The van der Waals surface area contributed by atoms with Crippen LogP contribution in [0.3, 0.4) is 0 Å². The van der Waals surface area contributed by atoms with E-state index >= 15 is 0 Å². The van der Waals surface area contributed by atoms with Crippen molar-refractivity contribution >= 4 is 17.9 Å². The minimum atomic E-state index is -0.951. The number of benzene rings is 3. The number of ether oxygens (including phenoxy) is 1. The average Bonchev–Trinajstić information content (AvgIpc) is 2.69. The Balaban J connectivity index is 1.57. The van der Waals surface area contributed by atoms with Crippen molar-refractivity contribution in [2.24, 2.45) is 5.10 Å². The zero-order valence-electron chi connectivity index (χ0n) is 16.7. The van der Waals surface area contributed by atoms with E-state index in [4.69, 9.17) is 9.84 Å². The number of nitrogens with zero attached hydrogens (tertiary/aromatic N) is 1. The lowest BCUT2D eigenvalue weighted by atomic mass is 9.87. The molecule has 148 valence electrons. The molecule has 0 spiro atoms. The number of nitrogens with one attached hydrogen (secondary N) is 1. The molecule has 0 aliphatic heterocycles. The molecular weight excluding hydrogens is 364 g/mol. The van der Waals surface area contributed by atoms with Crippen LogP contribution < -0.4 is 10.2 Å². The average molecular weight is 388 g/mol. The number of carbonyl (C=O) groups is 1. The predicted octanol–water partition coefficient (Wildman–Crippen LogP) is 5.92. The fourth-order valence-electron chi connectivity index (χ4n) is 2.65. The lowest BCUT2D eigenvalue weighted by Crippen LogP contribution is -2.10. The van der Waals surface area contributed by atoms with E-state index in [9.17, 15) is 4.79 Å². The molecule has 0 amide bonds. The van der Waals surface area contributed by atoms with Crippen LogP contribution in [0.2, 0.25) is 0 Å². The normalized spacial score (nSPS) is 11.4. The van der Waals surface area contributed by atoms with E-state index in [0.29, 0.717) is 5.69 Å². The van der Waals surface area contributed by atoms with Gasteiger partial charge in [0, 0.05) is 0 Å². The first-order valence-corrected chi connectivity index (χ1v) is 9.32. The van der Waals surface area contributed by atoms with Crippen LogP contribution in [0.5, 0.6) is 11.5 Å². The molecule has 29 heavy (non-hydrogen) atoms. The van der Waals surface area contributed by atoms with Gasteiger partial charge >= 0.3 is 5.97 Å². The Bertz CT molecular complexity index is 984. The van der Waals surface area contributed by atoms with E-state index < -0.39 is 5.97 Å². The summed E-state index contributed by atoms with van der Waals surface area (Å²) >= 11 is 0. The maximum Gasteiger partial charge on any atom is 0.335 e. The number of carboxylic acid groups (broad SMARTS) is 1. The molecule has 0 bridgehead atoms. The highest BCUT2D eigenvalue weighted by Gasteiger charge is 2.13. The fourth-order valence-corrected chi connectivity index (χ4v) is 2.65. The Hall–Kier alpha value is -3.60. The minimum Gasteiger partial charge on any atom is -0.478 e. The van der Waals surface area contributed by atoms with E-state index in [1.165, 1.54) is 17.7 Å². The van der Waals surface area contributed by atoms with Crippen molar-refractivity contribution in [2.75, 3.05) is 5.43 Å². The number of aromatic carboxylic acids is 1. The first-order chi connectivity index (χ1) is 13.8. The Kier molecular flexibility index (Phi) is 5.98. The maximum atomic E-state index is 10.8. The van der Waals surface area contributed by atoms with Crippen molar-refractivity contribution in [2.45, 2.75) is 26.2 Å². The van der Waals surface area contributed by atoms with E-state index in [1.807, 2.05) is 36.4 Å². The summed E-state index contributed by atoms with van der Waals surface area (Å²) < 4.78 is 5.90. The highest BCUT2D eigenvalue weighted by molar-refractivity contribution is 5.88. The number of hydrazone groups is 1. The molecular formula is C24H24N2O3. The van der Waals surface area contributed by atoms with Crippen molar-refractivity contribution in [3.63, 3.8) is 0 Å². The fraction of sp³-hybridized carbons (Fsp3) is 0.167. The quantitative estimate of drug-likeness (QED) is 0.406. The summed E-state index contributed by atoms with van der Waals surface area (Å²) in [7, 11) is 0. The molecule has 0 aromatic heterocycles. The van der Waals surface area contributed by atoms with E-state index in [2.05, 4.69) is 43.4 Å². The molecule has 3 aromatic rings. The standard InChI is InChI=1S/C24H24N2O3/c1-24(2,3)19-8-14-22(15-9-19)29-21-12-4-17(5-13-21)16-25-26-20-10-6-18(7-11-20)23(27)28/h4-16,26H,1-3H3,(H,27,28). The Morgan fingerprint density at radius 2 is 1.45 bits per heavy atom. The van der Waals surface area contributed by atoms with Gasteiger partial charge in [0.2, 0.25) is 0 Å². The van der Waals surface area contributed by atoms with Gasteiger partial charge in [0.25, 0.3) is 0 Å². The highest BCUT2D eigenvalue weighted by Crippen LogP contribution is 2.27. The van der Waals surface area contributed by atoms with Gasteiger partial charge in [-0.05, 0) is 77.2 Å². The molecule has 0 saturated heterocycles. The summed E-state index contributed by atoms with van der Waals surface area (Å²) in [6.45, 7) is 6.55. The number of hydrogen-bond acceptors (Lipinski definition) is 4. The molecule has 5 nitrogen and oxygen atoms in total. The SMILES string of the molecule is CC(C)(C)c1ccc(Oc2ccc(C=NNc3ccc(C(=O)O)cc3)cc2)cc1. The molecule has 0 aliphatic rings. The molecule has 0 unspecified atom stereocenters. The van der Waals surface area contributed by atoms with Crippen molar-refractivity contribution in [3.8, 4) is 11.5 Å². The van der Waals surface area contributed by atoms with Gasteiger partial charge in [-0.2, -0.15) is 5.10 Å². The van der Waals surface area contributed by atoms with Crippen molar-refractivity contribution in [1.29, 1.82) is 0 Å². The van der Waals surface area contributed by atoms with Crippen LogP contribution in [-0.2, 0) is 5.41 Å². The Morgan fingerprint density at radius 3 is 1.97 bits per heavy atom. The number of anilines is 1. The summed E-state index contributed by atoms with van der Waals surface area (Å²) in [6, 6.07) is 22.1. The van der Waals surface area contributed by atoms with Crippen molar-refractivity contribution < 1.29 is 14.6 Å². The van der Waals surface area contributed by atoms with Gasteiger partial charge in [-0.15, -0.1) is 0 Å². The first kappa shape index (κ1) is 20.1. The van der Waals surface area contributed by atoms with Crippen LogP contribution in [0.1, 0.15) is 42.3 Å². The third kappa shape index (κ3) is 5.69. The summed E-state index contributed by atoms with van der Waals surface area (Å²) in [5.74, 6) is 0.598. The zero-order valence-corrected chi connectivity index (χ0v) is 16.7. The lowest BCUT2D eigenvalue weighted by molar-refractivity contribution is 0.0697. The Labute approximate surface area is 170 Å². The van der Waals surface area contributed by atoms with E-state index in [-0.39, 0.29) is 11.0 Å². The van der Waals surface area contributed by atoms with Crippen molar-refractivity contribution in [3.05, 3.63) is 89.5 Å². The second-order valence-electron chi connectivity index (χ2n) is 7.70. The van der Waals surface area contributed by atoms with Crippen molar-refractivity contribution in [1.82, 2.24) is 0 Å². The summed E-state index contributed by atoms with van der Waals surface area (Å²) in [4.78, 5) is 10.8. The van der Waals surface area contributed by atoms with Gasteiger partial charge < -0.3 is 9.84 Å². The Morgan fingerprint density at radius 1 is 0.897 bits per heavy atom. The first-order valence-electron chi connectivity index (χ1n) is 9.32. The molecule has 5 heteroatoms. The largest absolute Gasteiger partial charge is 0.478 e. The third-order valence-electron chi connectivity index (χ3n) is 4.38. The van der Waals surface area contributed by atoms with Crippen LogP contribution in [0.25, 0.3) is 0 Å². The van der Waals surface area contributed by atoms with Gasteiger partial charge in [-0.3, -0.25) is 5.43 Å². The van der Waals surface area contributed by atoms with Crippen LogP contribution in [0.15, 0.2) is 77.9 Å². The molecule has 3 aromatic carbocycles. The smallest absolute Gasteiger partial charge is 0.335 e. The van der Waals surface area contributed by atoms with Crippen LogP contribution in [0.4, 0.5) is 5.69 Å². The van der Waals surface area contributed by atoms with Crippen LogP contribution >= 0.6 is 0 Å². The molecule has 0 saturated carbocycles. The monoisotopic (exact) mass is 388 g/mol.